The van der Waals surface area contributed by atoms with E-state index >= 15 is 0 Å². The zero-order chi connectivity index (χ0) is 31.8. The van der Waals surface area contributed by atoms with Crippen LogP contribution in [0.25, 0.3) is 10.9 Å². The quantitative estimate of drug-likeness (QED) is 0.178. The lowest BCUT2D eigenvalue weighted by atomic mass is 10.1. The van der Waals surface area contributed by atoms with Crippen molar-refractivity contribution in [3.05, 3.63) is 107 Å². The molecule has 2 heterocycles. The number of fused-ring (bicyclic) bond motifs is 2. The number of urea groups is 1. The van der Waals surface area contributed by atoms with Gasteiger partial charge >= 0.3 is 18.4 Å². The average Bonchev–Trinajstić information content (AvgIpc) is 3.60. The van der Waals surface area contributed by atoms with Crippen molar-refractivity contribution in [1.29, 1.82) is 0 Å². The summed E-state index contributed by atoms with van der Waals surface area (Å²) in [5.41, 5.74) is -0.739. The number of hydrogen-bond acceptors (Lipinski definition) is 5. The van der Waals surface area contributed by atoms with Gasteiger partial charge in [-0.3, -0.25) is 10.00 Å². The molecule has 6 rings (SSSR count). The van der Waals surface area contributed by atoms with E-state index in [1.54, 1.807) is 30.3 Å². The number of hydrogen-bond donors (Lipinski definition) is 2. The highest BCUT2D eigenvalue weighted by Gasteiger charge is 2.34. The normalized spacial score (nSPS) is 12.8. The number of nitrogens with one attached hydrogen (secondary N) is 2. The Kier molecular flexibility index (Phi) is 7.64. The first-order valence-corrected chi connectivity index (χ1v) is 13.4. The number of amides is 2. The van der Waals surface area contributed by atoms with Crippen molar-refractivity contribution >= 4 is 28.4 Å². The number of rotatable bonds is 7. The molecule has 0 spiro atoms. The molecule has 4 aromatic carbocycles. The number of benzene rings is 4. The molecule has 0 atom stereocenters. The van der Waals surface area contributed by atoms with Crippen LogP contribution in [0, 0.1) is 0 Å². The molecule has 45 heavy (non-hydrogen) atoms. The molecular formula is C31H22F6N4O4. The summed E-state index contributed by atoms with van der Waals surface area (Å²) in [5.74, 6) is 1.56. The Hall–Kier alpha value is -5.40. The monoisotopic (exact) mass is 628 g/mol. The van der Waals surface area contributed by atoms with E-state index in [9.17, 15) is 31.1 Å². The SMILES string of the molecule is O=C(Nc1ccccc1C(F)(F)F)Nc1nn(Cc2ccc(COc3ccc4c(c3)OCO4)cc2)c2ccc(C(F)(F)F)cc12. The maximum atomic E-state index is 13.5. The summed E-state index contributed by atoms with van der Waals surface area (Å²) in [6.07, 6.45) is -9.42. The van der Waals surface area contributed by atoms with Crippen LogP contribution in [0.4, 0.5) is 42.6 Å². The minimum atomic E-state index is -4.74. The number of nitrogens with zero attached hydrogens (tertiary/aromatic N) is 2. The fraction of sp³-hybridized carbons (Fsp3) is 0.161. The smallest absolute Gasteiger partial charge is 0.418 e. The van der Waals surface area contributed by atoms with Crippen LogP contribution in [0.3, 0.4) is 0 Å². The first-order chi connectivity index (χ1) is 21.4. The molecule has 14 heteroatoms. The number of carbonyl (C=O) groups is 1. The van der Waals surface area contributed by atoms with Gasteiger partial charge < -0.3 is 19.5 Å². The van der Waals surface area contributed by atoms with Crippen LogP contribution >= 0.6 is 0 Å². The summed E-state index contributed by atoms with van der Waals surface area (Å²) in [6, 6.07) is 18.6. The van der Waals surface area contributed by atoms with Gasteiger partial charge in [-0.2, -0.15) is 31.4 Å². The number of carbonyl (C=O) groups excluding carboxylic acids is 1. The van der Waals surface area contributed by atoms with Gasteiger partial charge in [-0.25, -0.2) is 4.79 Å². The fourth-order valence-electron chi connectivity index (χ4n) is 4.72. The van der Waals surface area contributed by atoms with Gasteiger partial charge in [-0.15, -0.1) is 0 Å². The molecule has 1 aromatic heterocycles. The Balaban J connectivity index is 1.21. The van der Waals surface area contributed by atoms with Gasteiger partial charge in [0.1, 0.15) is 12.4 Å². The van der Waals surface area contributed by atoms with Crippen molar-refractivity contribution < 1.29 is 45.3 Å². The topological polar surface area (TPSA) is 86.6 Å². The van der Waals surface area contributed by atoms with Crippen molar-refractivity contribution in [3.63, 3.8) is 0 Å². The summed E-state index contributed by atoms with van der Waals surface area (Å²) in [7, 11) is 0. The molecule has 0 radical (unpaired) electrons. The fourth-order valence-corrected chi connectivity index (χ4v) is 4.72. The summed E-state index contributed by atoms with van der Waals surface area (Å²) < 4.78 is 98.6. The van der Waals surface area contributed by atoms with E-state index in [4.69, 9.17) is 14.2 Å². The molecule has 2 N–H and O–H groups in total. The lowest BCUT2D eigenvalue weighted by molar-refractivity contribution is -0.138. The molecule has 5 aromatic rings. The molecule has 0 bridgehead atoms. The van der Waals surface area contributed by atoms with E-state index in [2.05, 4.69) is 15.7 Å². The Morgan fingerprint density at radius 1 is 0.822 bits per heavy atom. The molecule has 232 valence electrons. The van der Waals surface area contributed by atoms with Gasteiger partial charge in [0, 0.05) is 11.5 Å². The van der Waals surface area contributed by atoms with Crippen LogP contribution in [0.2, 0.25) is 0 Å². The second kappa shape index (κ2) is 11.6. The van der Waals surface area contributed by atoms with Crippen molar-refractivity contribution in [2.75, 3.05) is 17.4 Å². The molecule has 0 fully saturated rings. The molecule has 0 aliphatic carbocycles. The number of alkyl halides is 6. The summed E-state index contributed by atoms with van der Waals surface area (Å²) >= 11 is 0. The van der Waals surface area contributed by atoms with Crippen molar-refractivity contribution in [2.45, 2.75) is 25.5 Å². The number of anilines is 2. The van der Waals surface area contributed by atoms with E-state index in [1.165, 1.54) is 22.9 Å². The number of ether oxygens (including phenoxy) is 3. The summed E-state index contributed by atoms with van der Waals surface area (Å²) in [6.45, 7) is 0.521. The van der Waals surface area contributed by atoms with Crippen molar-refractivity contribution in [2.24, 2.45) is 0 Å². The summed E-state index contributed by atoms with van der Waals surface area (Å²) in [5, 5.41) is 8.67. The van der Waals surface area contributed by atoms with Gasteiger partial charge in [0.25, 0.3) is 0 Å². The second-order valence-electron chi connectivity index (χ2n) is 9.98. The van der Waals surface area contributed by atoms with Gasteiger partial charge in [-0.1, -0.05) is 36.4 Å². The zero-order valence-electron chi connectivity index (χ0n) is 23.0. The molecule has 0 saturated carbocycles. The zero-order valence-corrected chi connectivity index (χ0v) is 23.0. The second-order valence-corrected chi connectivity index (χ2v) is 9.98. The molecule has 0 saturated heterocycles. The Morgan fingerprint density at radius 3 is 2.31 bits per heavy atom. The molecule has 8 nitrogen and oxygen atoms in total. The van der Waals surface area contributed by atoms with E-state index in [0.29, 0.717) is 17.2 Å². The number of halogens is 6. The van der Waals surface area contributed by atoms with E-state index in [0.717, 1.165) is 35.4 Å². The van der Waals surface area contributed by atoms with Crippen LogP contribution in [0.15, 0.2) is 84.9 Å². The molecule has 1 aliphatic heterocycles. The largest absolute Gasteiger partial charge is 0.489 e. The molecule has 1 aliphatic rings. The van der Waals surface area contributed by atoms with Gasteiger partial charge in [0.2, 0.25) is 6.79 Å². The highest BCUT2D eigenvalue weighted by atomic mass is 19.4. The maximum Gasteiger partial charge on any atom is 0.418 e. The average molecular weight is 629 g/mol. The number of aromatic nitrogens is 2. The van der Waals surface area contributed by atoms with Crippen LogP contribution in [0.5, 0.6) is 17.2 Å². The minimum Gasteiger partial charge on any atom is -0.489 e. The third-order valence-electron chi connectivity index (χ3n) is 6.90. The van der Waals surface area contributed by atoms with E-state index < -0.39 is 35.2 Å². The number of para-hydroxylation sites is 1. The predicted molar refractivity (Wildman–Crippen MR) is 151 cm³/mol. The van der Waals surface area contributed by atoms with E-state index in [-0.39, 0.29) is 36.7 Å². The standard InChI is InChI=1S/C31H22F6N4O4/c32-30(33,34)20-9-11-25-22(13-20)28(39-29(42)38-24-4-2-1-3-23(24)31(35,36)37)40-41(25)15-18-5-7-19(8-6-18)16-43-21-10-12-26-27(14-21)45-17-44-26/h1-14H,15-17H2,(H2,38,39,40,42). The van der Waals surface area contributed by atoms with Crippen LogP contribution in [-0.4, -0.2) is 22.6 Å². The minimum absolute atomic E-state index is 0.0437. The molecule has 2 amide bonds. The van der Waals surface area contributed by atoms with Gasteiger partial charge in [0.05, 0.1) is 28.9 Å². The molecule has 0 unspecified atom stereocenters. The Labute approximate surface area is 251 Å². The maximum absolute atomic E-state index is 13.5. The van der Waals surface area contributed by atoms with Gasteiger partial charge in [-0.05, 0) is 53.6 Å². The van der Waals surface area contributed by atoms with Gasteiger partial charge in [0.15, 0.2) is 17.3 Å². The predicted octanol–water partition coefficient (Wildman–Crippen LogP) is 8.07. The Morgan fingerprint density at radius 2 is 1.56 bits per heavy atom. The highest BCUT2D eigenvalue weighted by molar-refractivity contribution is 6.05. The lowest BCUT2D eigenvalue weighted by Crippen LogP contribution is -2.22. The Bertz CT molecular complexity index is 1870. The van der Waals surface area contributed by atoms with E-state index in [1.807, 2.05) is 12.1 Å². The molecular weight excluding hydrogens is 606 g/mol. The third kappa shape index (κ3) is 6.59. The summed E-state index contributed by atoms with van der Waals surface area (Å²) in [4.78, 5) is 12.7. The van der Waals surface area contributed by atoms with Crippen LogP contribution in [-0.2, 0) is 25.5 Å². The first-order valence-electron chi connectivity index (χ1n) is 13.4. The van der Waals surface area contributed by atoms with Crippen LogP contribution in [0.1, 0.15) is 22.3 Å². The van der Waals surface area contributed by atoms with Crippen molar-refractivity contribution in [1.82, 2.24) is 9.78 Å². The lowest BCUT2D eigenvalue weighted by Gasteiger charge is -2.13. The van der Waals surface area contributed by atoms with Crippen molar-refractivity contribution in [3.8, 4) is 17.2 Å². The highest BCUT2D eigenvalue weighted by Crippen LogP contribution is 2.37. The first kappa shape index (κ1) is 29.7. The van der Waals surface area contributed by atoms with Crippen LogP contribution < -0.4 is 24.8 Å². The third-order valence-corrected chi connectivity index (χ3v) is 6.90.